The van der Waals surface area contributed by atoms with E-state index in [0.29, 0.717) is 30.5 Å². The molecule has 0 spiro atoms. The number of halogens is 2. The van der Waals surface area contributed by atoms with Crippen molar-refractivity contribution < 1.29 is 13.9 Å². The maximum absolute atomic E-state index is 13.3. The first-order valence-corrected chi connectivity index (χ1v) is 6.38. The quantitative estimate of drug-likeness (QED) is 0.927. The van der Waals surface area contributed by atoms with Gasteiger partial charge in [-0.1, -0.05) is 12.1 Å². The van der Waals surface area contributed by atoms with E-state index in [0.717, 1.165) is 5.56 Å². The minimum atomic E-state index is -0.261. The molecule has 2 rings (SSSR count). The third-order valence-corrected chi connectivity index (χ3v) is 3.59. The standard InChI is InChI=1S/C12H15BrFNO2/c13-12-8(2-1-3-10(12)14)6-9(15)7-11-16-4-5-17-11/h1-3,9,11H,4-7,15H2. The second-order valence-corrected chi connectivity index (χ2v) is 4.88. The highest BCUT2D eigenvalue weighted by Crippen LogP contribution is 2.22. The molecule has 0 aliphatic carbocycles. The van der Waals surface area contributed by atoms with E-state index in [9.17, 15) is 4.39 Å². The molecule has 0 bridgehead atoms. The topological polar surface area (TPSA) is 44.5 Å². The molecule has 1 aliphatic heterocycles. The molecule has 1 aliphatic rings. The van der Waals surface area contributed by atoms with Crippen LogP contribution in [-0.4, -0.2) is 25.5 Å². The highest BCUT2D eigenvalue weighted by atomic mass is 79.9. The predicted molar refractivity (Wildman–Crippen MR) is 66.1 cm³/mol. The monoisotopic (exact) mass is 303 g/mol. The van der Waals surface area contributed by atoms with Crippen molar-refractivity contribution in [3.63, 3.8) is 0 Å². The largest absolute Gasteiger partial charge is 0.350 e. The molecule has 0 amide bonds. The molecule has 5 heteroatoms. The van der Waals surface area contributed by atoms with Gasteiger partial charge in [-0.25, -0.2) is 4.39 Å². The average molecular weight is 304 g/mol. The number of nitrogens with two attached hydrogens (primary N) is 1. The summed E-state index contributed by atoms with van der Waals surface area (Å²) in [4.78, 5) is 0. The van der Waals surface area contributed by atoms with E-state index in [1.165, 1.54) is 6.07 Å². The lowest BCUT2D eigenvalue weighted by atomic mass is 10.0. The smallest absolute Gasteiger partial charge is 0.159 e. The van der Waals surface area contributed by atoms with Crippen molar-refractivity contribution in [2.24, 2.45) is 5.73 Å². The van der Waals surface area contributed by atoms with Crippen molar-refractivity contribution in [3.05, 3.63) is 34.1 Å². The van der Waals surface area contributed by atoms with E-state index >= 15 is 0 Å². The van der Waals surface area contributed by atoms with Gasteiger partial charge >= 0.3 is 0 Å². The Morgan fingerprint density at radius 3 is 2.82 bits per heavy atom. The van der Waals surface area contributed by atoms with Crippen LogP contribution in [0.15, 0.2) is 22.7 Å². The fraction of sp³-hybridized carbons (Fsp3) is 0.500. The summed E-state index contributed by atoms with van der Waals surface area (Å²) in [5.74, 6) is -0.261. The van der Waals surface area contributed by atoms with Crippen molar-refractivity contribution in [3.8, 4) is 0 Å². The lowest BCUT2D eigenvalue weighted by Crippen LogP contribution is -2.29. The Bertz CT molecular complexity index is 383. The number of hydrogen-bond acceptors (Lipinski definition) is 3. The summed E-state index contributed by atoms with van der Waals surface area (Å²) in [5.41, 5.74) is 6.87. The first-order chi connectivity index (χ1) is 8.16. The fourth-order valence-electron chi connectivity index (χ4n) is 1.86. The lowest BCUT2D eigenvalue weighted by molar-refractivity contribution is -0.0504. The Morgan fingerprint density at radius 1 is 1.41 bits per heavy atom. The fourth-order valence-corrected chi connectivity index (χ4v) is 2.29. The van der Waals surface area contributed by atoms with Crippen LogP contribution in [0.2, 0.25) is 0 Å². The van der Waals surface area contributed by atoms with E-state index < -0.39 is 0 Å². The molecule has 1 aromatic carbocycles. The zero-order valence-electron chi connectivity index (χ0n) is 9.36. The van der Waals surface area contributed by atoms with Crippen molar-refractivity contribution in [2.75, 3.05) is 13.2 Å². The molecule has 94 valence electrons. The van der Waals surface area contributed by atoms with Crippen LogP contribution < -0.4 is 5.73 Å². The second-order valence-electron chi connectivity index (χ2n) is 4.08. The Hall–Kier alpha value is -0.490. The summed E-state index contributed by atoms with van der Waals surface area (Å²) < 4.78 is 24.4. The van der Waals surface area contributed by atoms with E-state index in [4.69, 9.17) is 15.2 Å². The zero-order chi connectivity index (χ0) is 12.3. The molecule has 1 unspecified atom stereocenters. The molecule has 1 heterocycles. The van der Waals surface area contributed by atoms with Gasteiger partial charge in [-0.05, 0) is 34.0 Å². The van der Waals surface area contributed by atoms with Gasteiger partial charge in [-0.3, -0.25) is 0 Å². The molecule has 1 fully saturated rings. The highest BCUT2D eigenvalue weighted by molar-refractivity contribution is 9.10. The Kier molecular flexibility index (Phi) is 4.50. The molecule has 3 nitrogen and oxygen atoms in total. The number of rotatable bonds is 4. The van der Waals surface area contributed by atoms with Crippen molar-refractivity contribution in [1.82, 2.24) is 0 Å². The SMILES string of the molecule is NC(Cc1cccc(F)c1Br)CC1OCCO1. The van der Waals surface area contributed by atoms with Crippen LogP contribution in [-0.2, 0) is 15.9 Å². The van der Waals surface area contributed by atoms with Gasteiger partial charge in [0.15, 0.2) is 6.29 Å². The minimum absolute atomic E-state index is 0.101. The van der Waals surface area contributed by atoms with Crippen LogP contribution >= 0.6 is 15.9 Å². The van der Waals surface area contributed by atoms with E-state index in [1.54, 1.807) is 6.07 Å². The molecule has 1 aromatic rings. The number of hydrogen-bond donors (Lipinski definition) is 1. The van der Waals surface area contributed by atoms with Crippen LogP contribution in [0.4, 0.5) is 4.39 Å². The summed E-state index contributed by atoms with van der Waals surface area (Å²) in [6, 6.07) is 4.87. The normalized spacial score (nSPS) is 18.5. The highest BCUT2D eigenvalue weighted by Gasteiger charge is 2.20. The Balaban J connectivity index is 1.93. The lowest BCUT2D eigenvalue weighted by Gasteiger charge is -2.16. The molecule has 2 N–H and O–H groups in total. The first kappa shape index (κ1) is 13.0. The van der Waals surface area contributed by atoms with Crippen molar-refractivity contribution in [1.29, 1.82) is 0 Å². The summed E-state index contributed by atoms with van der Waals surface area (Å²) in [6.45, 7) is 1.25. The van der Waals surface area contributed by atoms with Gasteiger partial charge in [0, 0.05) is 12.5 Å². The summed E-state index contributed by atoms with van der Waals surface area (Å²) in [7, 11) is 0. The third-order valence-electron chi connectivity index (χ3n) is 2.70. The van der Waals surface area contributed by atoms with Crippen molar-refractivity contribution in [2.45, 2.75) is 25.2 Å². The molecule has 0 saturated carbocycles. The van der Waals surface area contributed by atoms with Crippen LogP contribution in [0.25, 0.3) is 0 Å². The van der Waals surface area contributed by atoms with Crippen LogP contribution in [0.5, 0.6) is 0 Å². The molecule has 0 aromatic heterocycles. The third kappa shape index (κ3) is 3.48. The van der Waals surface area contributed by atoms with Crippen LogP contribution in [0.3, 0.4) is 0 Å². The number of benzene rings is 1. The van der Waals surface area contributed by atoms with Crippen LogP contribution in [0.1, 0.15) is 12.0 Å². The first-order valence-electron chi connectivity index (χ1n) is 5.58. The van der Waals surface area contributed by atoms with Crippen LogP contribution in [0, 0.1) is 5.82 Å². The van der Waals surface area contributed by atoms with Gasteiger partial charge in [-0.2, -0.15) is 0 Å². The Labute approximate surface area is 108 Å². The summed E-state index contributed by atoms with van der Waals surface area (Å²) in [6.07, 6.45) is 1.02. The number of ether oxygens (including phenoxy) is 2. The molecule has 17 heavy (non-hydrogen) atoms. The summed E-state index contributed by atoms with van der Waals surface area (Å²) in [5, 5.41) is 0. The van der Waals surface area contributed by atoms with Gasteiger partial charge in [-0.15, -0.1) is 0 Å². The average Bonchev–Trinajstić information content (AvgIpc) is 2.77. The predicted octanol–water partition coefficient (Wildman–Crippen LogP) is 2.22. The van der Waals surface area contributed by atoms with Gasteiger partial charge < -0.3 is 15.2 Å². The molecular weight excluding hydrogens is 289 g/mol. The molecular formula is C12H15BrFNO2. The van der Waals surface area contributed by atoms with E-state index in [-0.39, 0.29) is 18.1 Å². The molecule has 1 saturated heterocycles. The Morgan fingerprint density at radius 2 is 2.12 bits per heavy atom. The molecule has 1 atom stereocenters. The molecule has 0 radical (unpaired) electrons. The van der Waals surface area contributed by atoms with Gasteiger partial charge in [0.25, 0.3) is 0 Å². The van der Waals surface area contributed by atoms with E-state index in [2.05, 4.69) is 15.9 Å². The summed E-state index contributed by atoms with van der Waals surface area (Å²) >= 11 is 3.23. The maximum atomic E-state index is 13.3. The zero-order valence-corrected chi connectivity index (χ0v) is 11.0. The minimum Gasteiger partial charge on any atom is -0.350 e. The van der Waals surface area contributed by atoms with Gasteiger partial charge in [0.05, 0.1) is 17.7 Å². The maximum Gasteiger partial charge on any atom is 0.159 e. The van der Waals surface area contributed by atoms with Gasteiger partial charge in [0.1, 0.15) is 5.82 Å². The van der Waals surface area contributed by atoms with E-state index in [1.807, 2.05) is 6.07 Å². The second kappa shape index (κ2) is 5.91. The van der Waals surface area contributed by atoms with Crippen molar-refractivity contribution >= 4 is 15.9 Å². The van der Waals surface area contributed by atoms with Gasteiger partial charge in [0.2, 0.25) is 0 Å².